The maximum atomic E-state index is 12.4. The molecule has 1 unspecified atom stereocenters. The minimum atomic E-state index is 0.277. The predicted octanol–water partition coefficient (Wildman–Crippen LogP) is 3.08. The van der Waals surface area contributed by atoms with E-state index >= 15 is 0 Å². The Hall–Kier alpha value is -2.25. The number of carbonyl (C=O) groups is 1. The van der Waals surface area contributed by atoms with Crippen LogP contribution >= 0.6 is 0 Å². The van der Waals surface area contributed by atoms with E-state index in [1.807, 2.05) is 17.0 Å². The summed E-state index contributed by atoms with van der Waals surface area (Å²) in [6.07, 6.45) is 5.77. The third-order valence-electron chi connectivity index (χ3n) is 6.07. The lowest BCUT2D eigenvalue weighted by Crippen LogP contribution is -2.48. The van der Waals surface area contributed by atoms with Crippen LogP contribution in [0.1, 0.15) is 43.6 Å². The highest BCUT2D eigenvalue weighted by atomic mass is 16.5. The molecule has 1 aromatic heterocycles. The topological polar surface area (TPSA) is 71.7 Å². The molecular formula is C23H32N4O3. The van der Waals surface area contributed by atoms with Crippen molar-refractivity contribution < 1.29 is 14.1 Å². The summed E-state index contributed by atoms with van der Waals surface area (Å²) in [4.78, 5) is 21.4. The SMILES string of the molecule is Cc1ccc(-c2noc(CCCN3CCN(C(=O)CCC4CCCO4)CC3)n2)cc1. The summed E-state index contributed by atoms with van der Waals surface area (Å²) >= 11 is 0. The van der Waals surface area contributed by atoms with E-state index in [-0.39, 0.29) is 5.91 Å². The van der Waals surface area contributed by atoms with E-state index in [2.05, 4.69) is 34.1 Å². The molecule has 2 fully saturated rings. The fraction of sp³-hybridized carbons (Fsp3) is 0.609. The Morgan fingerprint density at radius 3 is 2.70 bits per heavy atom. The van der Waals surface area contributed by atoms with Crippen molar-refractivity contribution in [2.45, 2.75) is 51.6 Å². The largest absolute Gasteiger partial charge is 0.378 e. The molecule has 4 rings (SSSR count). The van der Waals surface area contributed by atoms with Gasteiger partial charge in [-0.1, -0.05) is 35.0 Å². The first-order valence-electron chi connectivity index (χ1n) is 11.2. The van der Waals surface area contributed by atoms with Gasteiger partial charge < -0.3 is 14.2 Å². The van der Waals surface area contributed by atoms with Crippen LogP contribution in [0.4, 0.5) is 0 Å². The second kappa shape index (κ2) is 10.2. The average molecular weight is 413 g/mol. The highest BCUT2D eigenvalue weighted by molar-refractivity contribution is 5.76. The van der Waals surface area contributed by atoms with Gasteiger partial charge in [-0.05, 0) is 39.2 Å². The van der Waals surface area contributed by atoms with E-state index in [0.717, 1.165) is 77.0 Å². The Labute approximate surface area is 178 Å². The summed E-state index contributed by atoms with van der Waals surface area (Å²) in [5.41, 5.74) is 2.20. The van der Waals surface area contributed by atoms with Gasteiger partial charge in [-0.3, -0.25) is 9.69 Å². The second-order valence-corrected chi connectivity index (χ2v) is 8.38. The van der Waals surface area contributed by atoms with Crippen molar-refractivity contribution in [1.82, 2.24) is 19.9 Å². The number of aromatic nitrogens is 2. The zero-order valence-electron chi connectivity index (χ0n) is 17.9. The molecule has 2 saturated heterocycles. The van der Waals surface area contributed by atoms with Gasteiger partial charge in [0, 0.05) is 51.2 Å². The zero-order chi connectivity index (χ0) is 20.8. The summed E-state index contributed by atoms with van der Waals surface area (Å²) in [6.45, 7) is 7.42. The molecule has 30 heavy (non-hydrogen) atoms. The third kappa shape index (κ3) is 5.67. The molecule has 0 N–H and O–H groups in total. The number of nitrogens with zero attached hydrogens (tertiary/aromatic N) is 4. The molecule has 7 nitrogen and oxygen atoms in total. The summed E-state index contributed by atoms with van der Waals surface area (Å²) < 4.78 is 11.0. The van der Waals surface area contributed by atoms with E-state index in [0.29, 0.717) is 24.2 Å². The maximum absolute atomic E-state index is 12.4. The molecule has 3 heterocycles. The molecule has 7 heteroatoms. The van der Waals surface area contributed by atoms with E-state index in [1.54, 1.807) is 0 Å². The maximum Gasteiger partial charge on any atom is 0.227 e. The summed E-state index contributed by atoms with van der Waals surface area (Å²) in [5, 5.41) is 4.10. The molecule has 2 aliphatic rings. The van der Waals surface area contributed by atoms with Crippen LogP contribution in [0.3, 0.4) is 0 Å². The first-order chi connectivity index (χ1) is 14.7. The Morgan fingerprint density at radius 2 is 1.97 bits per heavy atom. The minimum absolute atomic E-state index is 0.277. The lowest BCUT2D eigenvalue weighted by Gasteiger charge is -2.34. The first kappa shape index (κ1) is 21.0. The van der Waals surface area contributed by atoms with Gasteiger partial charge in [0.05, 0.1) is 6.10 Å². The minimum Gasteiger partial charge on any atom is -0.378 e. The van der Waals surface area contributed by atoms with E-state index in [4.69, 9.17) is 9.26 Å². The standard InChI is InChI=1S/C23H32N4O3/c1-18-6-8-19(9-7-18)23-24-21(30-25-23)5-2-12-26-13-15-27(16-14-26)22(28)11-10-20-4-3-17-29-20/h6-9,20H,2-5,10-17H2,1H3. The molecule has 0 radical (unpaired) electrons. The monoisotopic (exact) mass is 412 g/mol. The molecule has 2 aliphatic heterocycles. The van der Waals surface area contributed by atoms with Crippen molar-refractivity contribution in [2.75, 3.05) is 39.3 Å². The quantitative estimate of drug-likeness (QED) is 0.664. The van der Waals surface area contributed by atoms with Gasteiger partial charge in [-0.2, -0.15) is 4.98 Å². The number of amides is 1. The fourth-order valence-corrected chi connectivity index (χ4v) is 4.17. The molecule has 0 saturated carbocycles. The number of hydrogen-bond donors (Lipinski definition) is 0. The van der Waals surface area contributed by atoms with Crippen molar-refractivity contribution in [3.05, 3.63) is 35.7 Å². The van der Waals surface area contributed by atoms with Crippen LogP contribution in [-0.4, -0.2) is 71.3 Å². The van der Waals surface area contributed by atoms with E-state index < -0.39 is 0 Å². The van der Waals surface area contributed by atoms with Crippen LogP contribution in [0.2, 0.25) is 0 Å². The molecule has 2 aromatic rings. The predicted molar refractivity (Wildman–Crippen MR) is 114 cm³/mol. The van der Waals surface area contributed by atoms with Crippen LogP contribution in [0.5, 0.6) is 0 Å². The van der Waals surface area contributed by atoms with Crippen molar-refractivity contribution in [1.29, 1.82) is 0 Å². The lowest BCUT2D eigenvalue weighted by atomic mass is 10.1. The molecule has 1 atom stereocenters. The normalized spacial score (nSPS) is 20.0. The highest BCUT2D eigenvalue weighted by Gasteiger charge is 2.23. The lowest BCUT2D eigenvalue weighted by molar-refractivity contribution is -0.133. The molecular weight excluding hydrogens is 380 g/mol. The van der Waals surface area contributed by atoms with Crippen molar-refractivity contribution in [3.63, 3.8) is 0 Å². The first-order valence-corrected chi connectivity index (χ1v) is 11.2. The molecule has 0 bridgehead atoms. The Bertz CT molecular complexity index is 806. The number of ether oxygens (including phenoxy) is 1. The van der Waals surface area contributed by atoms with Crippen LogP contribution in [0.15, 0.2) is 28.8 Å². The summed E-state index contributed by atoms with van der Waals surface area (Å²) in [5.74, 6) is 1.62. The number of carbonyl (C=O) groups excluding carboxylic acids is 1. The van der Waals surface area contributed by atoms with Gasteiger partial charge in [0.25, 0.3) is 0 Å². The van der Waals surface area contributed by atoms with Crippen LogP contribution in [0.25, 0.3) is 11.4 Å². The Balaban J connectivity index is 1.14. The number of rotatable bonds is 8. The van der Waals surface area contributed by atoms with Gasteiger partial charge in [0.15, 0.2) is 0 Å². The van der Waals surface area contributed by atoms with Gasteiger partial charge in [0.1, 0.15) is 0 Å². The number of piperazine rings is 1. The number of aryl methyl sites for hydroxylation is 2. The molecule has 0 spiro atoms. The van der Waals surface area contributed by atoms with Crippen LogP contribution in [-0.2, 0) is 16.0 Å². The van der Waals surface area contributed by atoms with Gasteiger partial charge in [0.2, 0.25) is 17.6 Å². The molecule has 0 aliphatic carbocycles. The van der Waals surface area contributed by atoms with Crippen LogP contribution in [0, 0.1) is 6.92 Å². The Morgan fingerprint density at radius 1 is 1.17 bits per heavy atom. The van der Waals surface area contributed by atoms with Gasteiger partial charge >= 0.3 is 0 Å². The van der Waals surface area contributed by atoms with Crippen molar-refractivity contribution in [3.8, 4) is 11.4 Å². The number of hydrogen-bond acceptors (Lipinski definition) is 6. The highest BCUT2D eigenvalue weighted by Crippen LogP contribution is 2.19. The molecule has 162 valence electrons. The van der Waals surface area contributed by atoms with E-state index in [9.17, 15) is 4.79 Å². The third-order valence-corrected chi connectivity index (χ3v) is 6.07. The summed E-state index contributed by atoms with van der Waals surface area (Å²) in [7, 11) is 0. The zero-order valence-corrected chi connectivity index (χ0v) is 17.9. The van der Waals surface area contributed by atoms with Gasteiger partial charge in [-0.15, -0.1) is 0 Å². The van der Waals surface area contributed by atoms with Crippen molar-refractivity contribution in [2.24, 2.45) is 0 Å². The molecule has 1 aromatic carbocycles. The number of benzene rings is 1. The molecule has 1 amide bonds. The van der Waals surface area contributed by atoms with Crippen LogP contribution < -0.4 is 0 Å². The van der Waals surface area contributed by atoms with Crippen molar-refractivity contribution >= 4 is 5.91 Å². The van der Waals surface area contributed by atoms with Gasteiger partial charge in [-0.25, -0.2) is 0 Å². The summed E-state index contributed by atoms with van der Waals surface area (Å²) in [6, 6.07) is 8.15. The van der Waals surface area contributed by atoms with E-state index in [1.165, 1.54) is 5.56 Å². The Kier molecular flexibility index (Phi) is 7.12. The fourth-order valence-electron chi connectivity index (χ4n) is 4.17. The smallest absolute Gasteiger partial charge is 0.227 e. The average Bonchev–Trinajstić information content (AvgIpc) is 3.45. The second-order valence-electron chi connectivity index (χ2n) is 8.38.